The molecular weight excluding hydrogens is 388 g/mol. The van der Waals surface area contributed by atoms with E-state index in [1.165, 1.54) is 19.3 Å². The molecule has 2 heterocycles. The second-order valence-electron chi connectivity index (χ2n) is 8.60. The molecule has 3 N–H and O–H groups in total. The summed E-state index contributed by atoms with van der Waals surface area (Å²) in [7, 11) is 0. The second kappa shape index (κ2) is 8.02. The maximum atomic E-state index is 13.0. The normalized spacial score (nSPS) is 17.3. The number of carbonyl (C=O) groups is 2. The Labute approximate surface area is 181 Å². The van der Waals surface area contributed by atoms with Crippen LogP contribution in [0.25, 0.3) is 22.2 Å². The van der Waals surface area contributed by atoms with E-state index < -0.39 is 0 Å². The monoisotopic (exact) mass is 414 g/mol. The Morgan fingerprint density at radius 1 is 1.13 bits per heavy atom. The quantitative estimate of drug-likeness (QED) is 0.557. The molecule has 5 rings (SSSR count). The Morgan fingerprint density at radius 2 is 1.90 bits per heavy atom. The summed E-state index contributed by atoms with van der Waals surface area (Å²) in [4.78, 5) is 29.1. The third kappa shape index (κ3) is 3.63. The van der Waals surface area contributed by atoms with Crippen LogP contribution in [0.3, 0.4) is 0 Å². The summed E-state index contributed by atoms with van der Waals surface area (Å²) in [6, 6.07) is 13.6. The first-order valence-corrected chi connectivity index (χ1v) is 11.0. The van der Waals surface area contributed by atoms with Crippen molar-refractivity contribution in [3.63, 3.8) is 0 Å². The van der Waals surface area contributed by atoms with Crippen LogP contribution in [0.4, 0.5) is 5.69 Å². The first-order valence-electron chi connectivity index (χ1n) is 11.0. The number of rotatable bonds is 4. The molecule has 6 nitrogen and oxygen atoms in total. The molecule has 2 aromatic carbocycles. The number of nitrogens with one attached hydrogen (secondary N) is 3. The topological polar surface area (TPSA) is 86.3 Å². The molecule has 0 bridgehead atoms. The fourth-order valence-electron chi connectivity index (χ4n) is 4.89. The van der Waals surface area contributed by atoms with Crippen molar-refractivity contribution >= 4 is 34.6 Å². The largest absolute Gasteiger partial charge is 0.354 e. The molecular formula is C25H26N4O2. The van der Waals surface area contributed by atoms with Gasteiger partial charge in [-0.2, -0.15) is 5.10 Å². The predicted octanol–water partition coefficient (Wildman–Crippen LogP) is 5.07. The number of hydrogen-bond donors (Lipinski definition) is 3. The van der Waals surface area contributed by atoms with Crippen LogP contribution < -0.4 is 10.7 Å². The Hall–Kier alpha value is -3.41. The van der Waals surface area contributed by atoms with Gasteiger partial charge in [-0.05, 0) is 36.5 Å². The van der Waals surface area contributed by atoms with Gasteiger partial charge in [0, 0.05) is 28.1 Å². The average Bonchev–Trinajstić information content (AvgIpc) is 3.08. The number of aromatic nitrogens is 1. The number of aromatic amines is 1. The molecule has 31 heavy (non-hydrogen) atoms. The summed E-state index contributed by atoms with van der Waals surface area (Å²) in [6.45, 7) is 2.01. The third-order valence-electron chi connectivity index (χ3n) is 6.64. The number of hydrogen-bond acceptors (Lipinski definition) is 3. The zero-order valence-electron chi connectivity index (χ0n) is 17.6. The molecule has 1 aliphatic heterocycles. The van der Waals surface area contributed by atoms with Gasteiger partial charge in [-0.25, -0.2) is 5.43 Å². The van der Waals surface area contributed by atoms with Crippen molar-refractivity contribution in [3.8, 4) is 11.3 Å². The maximum Gasteiger partial charge on any atom is 0.272 e. The van der Waals surface area contributed by atoms with E-state index in [0.29, 0.717) is 17.2 Å². The fourth-order valence-corrected chi connectivity index (χ4v) is 4.89. The summed E-state index contributed by atoms with van der Waals surface area (Å²) in [5.41, 5.74) is 7.28. The first kappa shape index (κ1) is 19.5. The molecule has 1 fully saturated rings. The van der Waals surface area contributed by atoms with Crippen molar-refractivity contribution in [2.24, 2.45) is 16.9 Å². The van der Waals surface area contributed by atoms with Gasteiger partial charge in [-0.1, -0.05) is 56.5 Å². The lowest BCUT2D eigenvalue weighted by Crippen LogP contribution is -2.28. The number of nitrogens with zero attached hydrogens (tertiary/aromatic N) is 1. The van der Waals surface area contributed by atoms with Crippen molar-refractivity contribution in [1.29, 1.82) is 0 Å². The molecule has 0 spiro atoms. The molecule has 2 aliphatic rings. The Balaban J connectivity index is 1.53. The van der Waals surface area contributed by atoms with Gasteiger partial charge < -0.3 is 10.3 Å². The van der Waals surface area contributed by atoms with E-state index in [9.17, 15) is 9.59 Å². The number of hydrazone groups is 1. The van der Waals surface area contributed by atoms with Crippen LogP contribution in [0.2, 0.25) is 0 Å². The van der Waals surface area contributed by atoms with Gasteiger partial charge in [0.1, 0.15) is 0 Å². The van der Waals surface area contributed by atoms with Crippen LogP contribution in [-0.2, 0) is 4.79 Å². The minimum absolute atomic E-state index is 0.0128. The Kier molecular flexibility index (Phi) is 5.06. The lowest BCUT2D eigenvalue weighted by Gasteiger charge is -2.26. The van der Waals surface area contributed by atoms with Crippen molar-refractivity contribution < 1.29 is 9.59 Å². The van der Waals surface area contributed by atoms with Crippen LogP contribution in [0.1, 0.15) is 54.9 Å². The zero-order chi connectivity index (χ0) is 21.4. The van der Waals surface area contributed by atoms with Crippen molar-refractivity contribution in [1.82, 2.24) is 10.4 Å². The molecule has 158 valence electrons. The molecule has 6 heteroatoms. The molecule has 0 saturated heterocycles. The summed E-state index contributed by atoms with van der Waals surface area (Å²) < 4.78 is 0. The molecule has 1 saturated carbocycles. The van der Waals surface area contributed by atoms with E-state index in [0.717, 1.165) is 40.6 Å². The van der Waals surface area contributed by atoms with Gasteiger partial charge in [-0.3, -0.25) is 9.59 Å². The number of amides is 2. The smallest absolute Gasteiger partial charge is 0.272 e. The van der Waals surface area contributed by atoms with Gasteiger partial charge >= 0.3 is 0 Å². The van der Waals surface area contributed by atoms with E-state index >= 15 is 0 Å². The highest BCUT2D eigenvalue weighted by Gasteiger charge is 2.27. The van der Waals surface area contributed by atoms with Gasteiger partial charge in [-0.15, -0.1) is 0 Å². The summed E-state index contributed by atoms with van der Waals surface area (Å²) in [5.74, 6) is 0.109. The number of carbonyl (C=O) groups excluding carboxylic acids is 2. The van der Waals surface area contributed by atoms with Crippen LogP contribution >= 0.6 is 0 Å². The van der Waals surface area contributed by atoms with Crippen LogP contribution in [-0.4, -0.2) is 23.0 Å². The Bertz CT molecular complexity index is 1170. The highest BCUT2D eigenvalue weighted by molar-refractivity contribution is 6.18. The molecule has 1 aromatic heterocycles. The van der Waals surface area contributed by atoms with Crippen molar-refractivity contribution in [3.05, 3.63) is 53.6 Å². The van der Waals surface area contributed by atoms with E-state index in [1.807, 2.05) is 43.3 Å². The second-order valence-corrected chi connectivity index (χ2v) is 8.60. The predicted molar refractivity (Wildman–Crippen MR) is 123 cm³/mol. The van der Waals surface area contributed by atoms with Crippen LogP contribution in [0.5, 0.6) is 0 Å². The minimum Gasteiger partial charge on any atom is -0.354 e. The Morgan fingerprint density at radius 3 is 2.68 bits per heavy atom. The van der Waals surface area contributed by atoms with Crippen molar-refractivity contribution in [2.45, 2.75) is 39.0 Å². The van der Waals surface area contributed by atoms with E-state index in [1.54, 1.807) is 12.3 Å². The third-order valence-corrected chi connectivity index (χ3v) is 6.64. The van der Waals surface area contributed by atoms with Gasteiger partial charge in [0.05, 0.1) is 17.5 Å². The molecule has 0 radical (unpaired) electrons. The maximum absolute atomic E-state index is 13.0. The molecule has 2 amide bonds. The van der Waals surface area contributed by atoms with Crippen LogP contribution in [0.15, 0.2) is 47.6 Å². The number of benzene rings is 2. The molecule has 3 aromatic rings. The van der Waals surface area contributed by atoms with Gasteiger partial charge in [0.2, 0.25) is 5.91 Å². The molecule has 0 unspecified atom stereocenters. The first-order chi connectivity index (χ1) is 15.1. The fraction of sp³-hybridized carbons (Fsp3) is 0.320. The van der Waals surface area contributed by atoms with Crippen molar-refractivity contribution in [2.75, 3.05) is 5.32 Å². The number of H-pyrrole nitrogens is 1. The number of anilines is 1. The van der Waals surface area contributed by atoms with Gasteiger partial charge in [0.25, 0.3) is 5.91 Å². The highest BCUT2D eigenvalue weighted by atomic mass is 16.2. The van der Waals surface area contributed by atoms with E-state index in [-0.39, 0.29) is 17.7 Å². The minimum atomic E-state index is -0.282. The summed E-state index contributed by atoms with van der Waals surface area (Å²) in [5, 5.41) is 7.97. The molecule has 1 atom stereocenters. The standard InChI is InChI=1S/C25H26N4O2/c1-15(16-8-4-2-5-9-16)24(30)27-18-12-19-22-20(14-26-29-25(19)31)23(28-21(22)13-18)17-10-6-3-7-11-17/h3,6-7,10-16,28H,2,4-5,8-9H2,1H3,(H,27,30)(H,29,31)/t15-/m1/s1. The van der Waals surface area contributed by atoms with E-state index in [2.05, 4.69) is 20.8 Å². The zero-order valence-corrected chi connectivity index (χ0v) is 17.6. The lowest BCUT2D eigenvalue weighted by molar-refractivity contribution is -0.121. The van der Waals surface area contributed by atoms with Gasteiger partial charge in [0.15, 0.2) is 0 Å². The highest BCUT2D eigenvalue weighted by Crippen LogP contribution is 2.35. The summed E-state index contributed by atoms with van der Waals surface area (Å²) in [6.07, 6.45) is 7.57. The van der Waals surface area contributed by atoms with E-state index in [4.69, 9.17) is 0 Å². The molecule has 1 aliphatic carbocycles. The van der Waals surface area contributed by atoms with Crippen LogP contribution in [0, 0.1) is 11.8 Å². The average molecular weight is 415 g/mol. The summed E-state index contributed by atoms with van der Waals surface area (Å²) >= 11 is 0. The lowest BCUT2D eigenvalue weighted by atomic mass is 9.80. The SMILES string of the molecule is C[C@@H](C(=O)Nc1cc2c3c(c(-c4ccccc4)[nH]c3c1)C=NNC2=O)C1CCCCC1.